The number of hydrogen-bond acceptors (Lipinski definition) is 2. The molecule has 2 nitrogen and oxygen atoms in total. The summed E-state index contributed by atoms with van der Waals surface area (Å²) in [5.41, 5.74) is 6.94. The normalized spacial score (nSPS) is 13.2. The highest BCUT2D eigenvalue weighted by Crippen LogP contribution is 2.27. The Kier molecular flexibility index (Phi) is 5.06. The molecule has 15 heavy (non-hydrogen) atoms. The van der Waals surface area contributed by atoms with Gasteiger partial charge in [-0.3, -0.25) is 4.90 Å². The molecule has 1 aromatic carbocycles. The number of rotatable bonds is 4. The van der Waals surface area contributed by atoms with E-state index in [2.05, 4.69) is 40.9 Å². The van der Waals surface area contributed by atoms with Gasteiger partial charge in [-0.2, -0.15) is 0 Å². The SMILES string of the molecule is CCN(C)C(CN)c1ccc(Br)c(Cl)c1. The van der Waals surface area contributed by atoms with E-state index < -0.39 is 0 Å². The summed E-state index contributed by atoms with van der Waals surface area (Å²) in [7, 11) is 2.06. The maximum Gasteiger partial charge on any atom is 0.0551 e. The molecule has 4 heteroatoms. The molecule has 0 amide bonds. The van der Waals surface area contributed by atoms with E-state index >= 15 is 0 Å². The van der Waals surface area contributed by atoms with Gasteiger partial charge < -0.3 is 5.73 Å². The summed E-state index contributed by atoms with van der Waals surface area (Å²) >= 11 is 9.43. The average molecular weight is 292 g/mol. The van der Waals surface area contributed by atoms with Gasteiger partial charge >= 0.3 is 0 Å². The van der Waals surface area contributed by atoms with Crippen molar-refractivity contribution in [1.29, 1.82) is 0 Å². The van der Waals surface area contributed by atoms with Gasteiger partial charge in [0.1, 0.15) is 0 Å². The fraction of sp³-hybridized carbons (Fsp3) is 0.455. The van der Waals surface area contributed by atoms with Crippen LogP contribution < -0.4 is 5.73 Å². The maximum absolute atomic E-state index is 6.06. The molecule has 0 saturated carbocycles. The Morgan fingerprint density at radius 3 is 2.67 bits per heavy atom. The fourth-order valence-corrected chi connectivity index (χ4v) is 1.95. The summed E-state index contributed by atoms with van der Waals surface area (Å²) < 4.78 is 0.919. The molecule has 1 unspecified atom stereocenters. The van der Waals surface area contributed by atoms with Crippen LogP contribution >= 0.6 is 27.5 Å². The quantitative estimate of drug-likeness (QED) is 0.924. The molecule has 0 aliphatic heterocycles. The minimum Gasteiger partial charge on any atom is -0.329 e. The first-order valence-electron chi connectivity index (χ1n) is 4.95. The summed E-state index contributed by atoms with van der Waals surface area (Å²) in [4.78, 5) is 2.21. The van der Waals surface area contributed by atoms with Crippen LogP contribution in [-0.4, -0.2) is 25.0 Å². The van der Waals surface area contributed by atoms with E-state index in [0.717, 1.165) is 21.6 Å². The molecule has 1 atom stereocenters. The Balaban J connectivity index is 2.97. The Bertz CT molecular complexity index is 330. The highest BCUT2D eigenvalue weighted by Gasteiger charge is 2.14. The van der Waals surface area contributed by atoms with Crippen LogP contribution in [0.3, 0.4) is 0 Å². The molecule has 84 valence electrons. The highest BCUT2D eigenvalue weighted by atomic mass is 79.9. The van der Waals surface area contributed by atoms with Crippen LogP contribution in [0.4, 0.5) is 0 Å². The third-order valence-electron chi connectivity index (χ3n) is 2.58. The topological polar surface area (TPSA) is 29.3 Å². The van der Waals surface area contributed by atoms with E-state index in [4.69, 9.17) is 17.3 Å². The predicted molar refractivity (Wildman–Crippen MR) is 69.3 cm³/mol. The maximum atomic E-state index is 6.06. The zero-order chi connectivity index (χ0) is 11.4. The standard InChI is InChI=1S/C11H16BrClN2/c1-3-15(2)11(7-14)8-4-5-9(12)10(13)6-8/h4-6,11H,3,7,14H2,1-2H3. The van der Waals surface area contributed by atoms with Gasteiger partial charge in [0.25, 0.3) is 0 Å². The molecule has 0 heterocycles. The van der Waals surface area contributed by atoms with Gasteiger partial charge in [0, 0.05) is 17.1 Å². The largest absolute Gasteiger partial charge is 0.329 e. The van der Waals surface area contributed by atoms with E-state index in [1.54, 1.807) is 0 Å². The summed E-state index contributed by atoms with van der Waals surface area (Å²) in [5.74, 6) is 0. The lowest BCUT2D eigenvalue weighted by Gasteiger charge is -2.26. The molecule has 0 saturated heterocycles. The smallest absolute Gasteiger partial charge is 0.0551 e. The van der Waals surface area contributed by atoms with E-state index in [9.17, 15) is 0 Å². The lowest BCUT2D eigenvalue weighted by atomic mass is 10.1. The van der Waals surface area contributed by atoms with E-state index in [0.29, 0.717) is 6.54 Å². The van der Waals surface area contributed by atoms with Crippen molar-refractivity contribution in [2.75, 3.05) is 20.1 Å². The van der Waals surface area contributed by atoms with Gasteiger partial charge in [-0.15, -0.1) is 0 Å². The molecule has 0 aromatic heterocycles. The van der Waals surface area contributed by atoms with Gasteiger partial charge in [-0.05, 0) is 47.2 Å². The fourth-order valence-electron chi connectivity index (χ4n) is 1.51. The van der Waals surface area contributed by atoms with Gasteiger partial charge in [-0.1, -0.05) is 24.6 Å². The Morgan fingerprint density at radius 2 is 2.20 bits per heavy atom. The van der Waals surface area contributed by atoms with Crippen LogP contribution in [0.2, 0.25) is 5.02 Å². The van der Waals surface area contributed by atoms with Crippen molar-refractivity contribution in [2.24, 2.45) is 5.73 Å². The molecular weight excluding hydrogens is 275 g/mol. The van der Waals surface area contributed by atoms with Crippen molar-refractivity contribution >= 4 is 27.5 Å². The average Bonchev–Trinajstić information content (AvgIpc) is 2.24. The lowest BCUT2D eigenvalue weighted by Crippen LogP contribution is -2.30. The van der Waals surface area contributed by atoms with Crippen molar-refractivity contribution in [2.45, 2.75) is 13.0 Å². The monoisotopic (exact) mass is 290 g/mol. The second-order valence-corrected chi connectivity index (χ2v) is 4.76. The van der Waals surface area contributed by atoms with Crippen LogP contribution in [0.25, 0.3) is 0 Å². The van der Waals surface area contributed by atoms with Crippen LogP contribution in [0, 0.1) is 0 Å². The van der Waals surface area contributed by atoms with Crippen LogP contribution in [-0.2, 0) is 0 Å². The van der Waals surface area contributed by atoms with Crippen LogP contribution in [0.1, 0.15) is 18.5 Å². The van der Waals surface area contributed by atoms with Crippen molar-refractivity contribution < 1.29 is 0 Å². The van der Waals surface area contributed by atoms with Gasteiger partial charge in [0.15, 0.2) is 0 Å². The number of nitrogens with two attached hydrogens (primary N) is 1. The molecule has 0 radical (unpaired) electrons. The molecule has 0 spiro atoms. The molecule has 0 aliphatic rings. The van der Waals surface area contributed by atoms with Crippen LogP contribution in [0.5, 0.6) is 0 Å². The second-order valence-electron chi connectivity index (χ2n) is 3.50. The number of halogens is 2. The highest BCUT2D eigenvalue weighted by molar-refractivity contribution is 9.10. The predicted octanol–water partition coefficient (Wildman–Crippen LogP) is 3.05. The van der Waals surface area contributed by atoms with Gasteiger partial charge in [-0.25, -0.2) is 0 Å². The van der Waals surface area contributed by atoms with Crippen molar-refractivity contribution in [1.82, 2.24) is 4.90 Å². The van der Waals surface area contributed by atoms with E-state index in [1.807, 2.05) is 12.1 Å². The zero-order valence-electron chi connectivity index (χ0n) is 9.00. The lowest BCUT2D eigenvalue weighted by molar-refractivity contribution is 0.263. The summed E-state index contributed by atoms with van der Waals surface area (Å²) in [6, 6.07) is 6.22. The second kappa shape index (κ2) is 5.85. The third-order valence-corrected chi connectivity index (χ3v) is 3.82. The minimum absolute atomic E-state index is 0.237. The van der Waals surface area contributed by atoms with Gasteiger partial charge in [0.05, 0.1) is 5.02 Å². The third kappa shape index (κ3) is 3.18. The minimum atomic E-state index is 0.237. The van der Waals surface area contributed by atoms with Crippen molar-refractivity contribution in [3.05, 3.63) is 33.3 Å². The van der Waals surface area contributed by atoms with Gasteiger partial charge in [0.2, 0.25) is 0 Å². The first kappa shape index (κ1) is 13.0. The molecule has 2 N–H and O–H groups in total. The molecule has 0 bridgehead atoms. The summed E-state index contributed by atoms with van der Waals surface area (Å²) in [6.45, 7) is 3.68. The van der Waals surface area contributed by atoms with E-state index in [1.165, 1.54) is 0 Å². The molecule has 1 aromatic rings. The zero-order valence-corrected chi connectivity index (χ0v) is 11.3. The van der Waals surface area contributed by atoms with Crippen LogP contribution in [0.15, 0.2) is 22.7 Å². The van der Waals surface area contributed by atoms with Crippen molar-refractivity contribution in [3.8, 4) is 0 Å². The Morgan fingerprint density at radius 1 is 1.53 bits per heavy atom. The number of nitrogens with zero attached hydrogens (tertiary/aromatic N) is 1. The molecule has 0 aliphatic carbocycles. The van der Waals surface area contributed by atoms with Crippen molar-refractivity contribution in [3.63, 3.8) is 0 Å². The molecule has 0 fully saturated rings. The summed E-state index contributed by atoms with van der Waals surface area (Å²) in [6.07, 6.45) is 0. The first-order valence-corrected chi connectivity index (χ1v) is 6.12. The van der Waals surface area contributed by atoms with E-state index in [-0.39, 0.29) is 6.04 Å². The number of hydrogen-bond donors (Lipinski definition) is 1. The number of likely N-dealkylation sites (N-methyl/N-ethyl adjacent to an activating group) is 1. The number of benzene rings is 1. The summed E-state index contributed by atoms with van der Waals surface area (Å²) in [5, 5.41) is 0.732. The Labute approximate surface area is 105 Å². The first-order chi connectivity index (χ1) is 7.10. The Hall–Kier alpha value is -0.0900. The molecular formula is C11H16BrClN2. The molecule has 1 rings (SSSR count).